The highest BCUT2D eigenvalue weighted by molar-refractivity contribution is 5.67. The van der Waals surface area contributed by atoms with E-state index in [0.717, 1.165) is 0 Å². The number of hydrogen-bond donors (Lipinski definition) is 1. The molecule has 0 aromatic rings. The zero-order valence-electron chi connectivity index (χ0n) is 7.01. The van der Waals surface area contributed by atoms with Gasteiger partial charge in [0.15, 0.2) is 11.6 Å². The fourth-order valence-corrected chi connectivity index (χ4v) is 1.20. The van der Waals surface area contributed by atoms with Gasteiger partial charge in [-0.05, 0) is 12.1 Å². The summed E-state index contributed by atoms with van der Waals surface area (Å²) in [6, 6.07) is 3.15. The summed E-state index contributed by atoms with van der Waals surface area (Å²) in [5, 5.41) is 8.58. The average Bonchev–Trinajstić information content (AvgIpc) is 2.45. The van der Waals surface area contributed by atoms with Crippen LogP contribution in [0, 0.1) is 0 Å². The van der Waals surface area contributed by atoms with Gasteiger partial charge in [-0.1, -0.05) is 0 Å². The summed E-state index contributed by atoms with van der Waals surface area (Å²) in [7, 11) is 0. The number of pyridine rings is 1. The van der Waals surface area contributed by atoms with Crippen molar-refractivity contribution in [2.24, 2.45) is 0 Å². The van der Waals surface area contributed by atoms with Gasteiger partial charge in [0.05, 0.1) is 0 Å². The van der Waals surface area contributed by atoms with Crippen LogP contribution in [-0.4, -0.2) is 20.6 Å². The van der Waals surface area contributed by atoms with Crippen LogP contribution in [0.1, 0.15) is 0 Å². The lowest BCUT2D eigenvalue weighted by Crippen LogP contribution is -2.11. The molecule has 0 fully saturated rings. The van der Waals surface area contributed by atoms with Gasteiger partial charge in [0.2, 0.25) is 0 Å². The lowest BCUT2D eigenvalue weighted by molar-refractivity contribution is -0.137. The third-order valence-corrected chi connectivity index (χ3v) is 1.71. The number of carbonyl (C=O) groups is 1. The van der Waals surface area contributed by atoms with Crippen molar-refractivity contribution >= 4 is 5.97 Å². The predicted molar refractivity (Wildman–Crippen MR) is 45.0 cm³/mol. The van der Waals surface area contributed by atoms with Crippen LogP contribution < -0.4 is 5.76 Å². The van der Waals surface area contributed by atoms with Crippen LogP contribution in [0.2, 0.25) is 0 Å². The fourth-order valence-electron chi connectivity index (χ4n) is 1.20. The minimum Gasteiger partial charge on any atom is -0.480 e. The maximum atomic E-state index is 10.8. The second-order valence-corrected chi connectivity index (χ2v) is 2.70. The maximum Gasteiger partial charge on any atom is 0.441 e. The van der Waals surface area contributed by atoms with Crippen molar-refractivity contribution in [3.8, 4) is 11.6 Å². The van der Waals surface area contributed by atoms with Gasteiger partial charge in [0.25, 0.3) is 0 Å². The van der Waals surface area contributed by atoms with Gasteiger partial charge in [-0.3, -0.25) is 4.79 Å². The lowest BCUT2D eigenvalue weighted by Gasteiger charge is -2.05. The normalized spacial score (nSPS) is 10.6. The SMILES string of the molecule is O=C(O)Cn1cccc2oc(=O)nc1-2. The zero-order chi connectivity index (χ0) is 10.1. The van der Waals surface area contributed by atoms with Crippen molar-refractivity contribution < 1.29 is 14.3 Å². The van der Waals surface area contributed by atoms with Crippen molar-refractivity contribution in [2.45, 2.75) is 6.54 Å². The molecule has 6 heteroatoms. The average molecular weight is 194 g/mol. The Bertz CT molecular complexity index is 499. The topological polar surface area (TPSA) is 85.3 Å². The minimum atomic E-state index is -1.00. The first-order chi connectivity index (χ1) is 6.66. The van der Waals surface area contributed by atoms with E-state index in [4.69, 9.17) is 9.52 Å². The summed E-state index contributed by atoms with van der Waals surface area (Å²) in [5.41, 5.74) is 0. The summed E-state index contributed by atoms with van der Waals surface area (Å²) in [5.74, 6) is -1.18. The molecule has 1 N–H and O–H groups in total. The Balaban J connectivity index is 2.56. The highest BCUT2D eigenvalue weighted by atomic mass is 16.4. The predicted octanol–water partition coefficient (Wildman–Crippen LogP) is 0.0257. The highest BCUT2D eigenvalue weighted by Gasteiger charge is 2.14. The van der Waals surface area contributed by atoms with Gasteiger partial charge >= 0.3 is 11.7 Å². The van der Waals surface area contributed by atoms with Crippen LogP contribution in [0.15, 0.2) is 27.5 Å². The molecule has 2 rings (SSSR count). The molecule has 0 aromatic heterocycles. The molecule has 0 radical (unpaired) electrons. The van der Waals surface area contributed by atoms with Crippen molar-refractivity contribution in [1.29, 1.82) is 0 Å². The van der Waals surface area contributed by atoms with Crippen LogP contribution in [-0.2, 0) is 11.3 Å². The largest absolute Gasteiger partial charge is 0.480 e. The molecule has 2 aliphatic rings. The molecule has 0 amide bonds. The van der Waals surface area contributed by atoms with E-state index in [1.54, 1.807) is 12.1 Å². The minimum absolute atomic E-state index is 0.247. The van der Waals surface area contributed by atoms with E-state index in [9.17, 15) is 9.59 Å². The summed E-state index contributed by atoms with van der Waals surface area (Å²) in [4.78, 5) is 24.8. The molecular formula is C8H6N2O4. The van der Waals surface area contributed by atoms with Gasteiger partial charge in [0, 0.05) is 6.20 Å². The Morgan fingerprint density at radius 1 is 1.64 bits per heavy atom. The standard InChI is InChI=1S/C8H6N2O4/c11-6(12)4-10-3-1-2-5-7(10)9-8(13)14-5/h1-3H,4H2,(H,11,12). The van der Waals surface area contributed by atoms with Crippen molar-refractivity contribution in [3.63, 3.8) is 0 Å². The number of carboxylic acids is 1. The number of fused-ring (bicyclic) bond motifs is 1. The Hall–Kier alpha value is -2.11. The van der Waals surface area contributed by atoms with Gasteiger partial charge < -0.3 is 14.1 Å². The van der Waals surface area contributed by atoms with E-state index in [0.29, 0.717) is 5.76 Å². The molecule has 0 spiro atoms. The summed E-state index contributed by atoms with van der Waals surface area (Å²) >= 11 is 0. The zero-order valence-corrected chi connectivity index (χ0v) is 7.01. The second-order valence-electron chi connectivity index (χ2n) is 2.70. The molecule has 6 nitrogen and oxygen atoms in total. The van der Waals surface area contributed by atoms with E-state index in [2.05, 4.69) is 4.98 Å². The summed E-state index contributed by atoms with van der Waals surface area (Å²) in [6.45, 7) is -0.247. The number of nitrogens with zero attached hydrogens (tertiary/aromatic N) is 2. The number of hydrogen-bond acceptors (Lipinski definition) is 4. The Kier molecular flexibility index (Phi) is 1.81. The highest BCUT2D eigenvalue weighted by Crippen LogP contribution is 2.16. The number of aromatic nitrogens is 2. The first-order valence-electron chi connectivity index (χ1n) is 3.84. The van der Waals surface area contributed by atoms with Crippen molar-refractivity contribution in [1.82, 2.24) is 9.55 Å². The molecule has 2 aliphatic heterocycles. The number of aliphatic carboxylic acids is 1. The van der Waals surface area contributed by atoms with Gasteiger partial charge in [-0.25, -0.2) is 4.79 Å². The van der Waals surface area contributed by atoms with Crippen LogP contribution in [0.3, 0.4) is 0 Å². The molecule has 0 bridgehead atoms. The fraction of sp³-hybridized carbons (Fsp3) is 0.125. The number of oxazole rings is 1. The molecule has 0 aromatic carbocycles. The van der Waals surface area contributed by atoms with E-state index >= 15 is 0 Å². The third-order valence-electron chi connectivity index (χ3n) is 1.71. The molecule has 0 aliphatic carbocycles. The molecular weight excluding hydrogens is 188 g/mol. The van der Waals surface area contributed by atoms with Gasteiger partial charge in [-0.15, -0.1) is 0 Å². The quantitative estimate of drug-likeness (QED) is 0.728. The summed E-state index contributed by atoms with van der Waals surface area (Å²) in [6.07, 6.45) is 1.53. The molecule has 2 heterocycles. The number of rotatable bonds is 2. The molecule has 0 saturated heterocycles. The Morgan fingerprint density at radius 2 is 2.43 bits per heavy atom. The first-order valence-corrected chi connectivity index (χ1v) is 3.84. The number of carboxylic acid groups (broad SMARTS) is 1. The molecule has 0 atom stereocenters. The van der Waals surface area contributed by atoms with E-state index < -0.39 is 11.7 Å². The lowest BCUT2D eigenvalue weighted by atomic mass is 10.3. The van der Waals surface area contributed by atoms with Crippen LogP contribution in [0.4, 0.5) is 0 Å². The third kappa shape index (κ3) is 1.37. The first kappa shape index (κ1) is 8.49. The van der Waals surface area contributed by atoms with Gasteiger partial charge in [-0.2, -0.15) is 4.98 Å². The monoisotopic (exact) mass is 194 g/mol. The van der Waals surface area contributed by atoms with E-state index in [-0.39, 0.29) is 12.4 Å². The van der Waals surface area contributed by atoms with E-state index in [1.807, 2.05) is 0 Å². The van der Waals surface area contributed by atoms with E-state index in [1.165, 1.54) is 10.8 Å². The Labute approximate surface area is 77.8 Å². The van der Waals surface area contributed by atoms with Crippen molar-refractivity contribution in [3.05, 3.63) is 28.9 Å². The van der Waals surface area contributed by atoms with Crippen LogP contribution >= 0.6 is 0 Å². The molecule has 72 valence electrons. The van der Waals surface area contributed by atoms with Crippen LogP contribution in [0.5, 0.6) is 0 Å². The Morgan fingerprint density at radius 3 is 3.14 bits per heavy atom. The smallest absolute Gasteiger partial charge is 0.441 e. The van der Waals surface area contributed by atoms with Crippen molar-refractivity contribution in [2.75, 3.05) is 0 Å². The van der Waals surface area contributed by atoms with Crippen LogP contribution in [0.25, 0.3) is 11.6 Å². The molecule has 14 heavy (non-hydrogen) atoms. The summed E-state index contributed by atoms with van der Waals surface area (Å²) < 4.78 is 6.05. The second kappa shape index (κ2) is 2.99. The maximum absolute atomic E-state index is 10.8. The molecule has 0 saturated carbocycles. The van der Waals surface area contributed by atoms with Gasteiger partial charge in [0.1, 0.15) is 6.54 Å². The molecule has 0 unspecified atom stereocenters.